The van der Waals surface area contributed by atoms with Gasteiger partial charge in [-0.15, -0.1) is 11.3 Å². The Hall–Kier alpha value is -1.07. The van der Waals surface area contributed by atoms with Crippen molar-refractivity contribution in [3.05, 3.63) is 66.4 Å². The molecule has 1 aliphatic rings. The topological polar surface area (TPSA) is 16.1 Å². The Kier molecular flexibility index (Phi) is 5.04. The molecule has 0 N–H and O–H groups in total. The summed E-state index contributed by atoms with van der Waals surface area (Å²) < 4.78 is 1.07. The number of benzene rings is 2. The second-order valence-electron chi connectivity index (χ2n) is 7.19. The van der Waals surface area contributed by atoms with E-state index in [1.165, 1.54) is 4.88 Å². The highest BCUT2D eigenvalue weighted by Gasteiger charge is 2.50. The fourth-order valence-corrected chi connectivity index (χ4v) is 6.01. The molecule has 0 saturated heterocycles. The van der Waals surface area contributed by atoms with Crippen LogP contribution in [0.4, 0.5) is 5.69 Å². The van der Waals surface area contributed by atoms with Gasteiger partial charge in [-0.3, -0.25) is 0 Å². The molecule has 0 spiro atoms. The van der Waals surface area contributed by atoms with Crippen LogP contribution in [0.3, 0.4) is 0 Å². The van der Waals surface area contributed by atoms with Crippen molar-refractivity contribution in [3.63, 3.8) is 0 Å². The number of aromatic nitrogens is 1. The number of thiazole rings is 1. The van der Waals surface area contributed by atoms with Crippen molar-refractivity contribution in [3.8, 4) is 11.3 Å². The number of halogens is 3. The summed E-state index contributed by atoms with van der Waals surface area (Å²) in [7, 11) is 4.08. The first-order valence-electron chi connectivity index (χ1n) is 8.72. The molecule has 0 aliphatic heterocycles. The quantitative estimate of drug-likeness (QED) is 0.387. The smallest absolute Gasteiger partial charge is 0.104 e. The van der Waals surface area contributed by atoms with Gasteiger partial charge in [0.25, 0.3) is 0 Å². The number of hydrogen-bond acceptors (Lipinski definition) is 3. The van der Waals surface area contributed by atoms with Gasteiger partial charge in [0, 0.05) is 44.5 Å². The maximum absolute atomic E-state index is 6.52. The van der Waals surface area contributed by atoms with Crippen LogP contribution in [0.1, 0.15) is 28.3 Å². The molecule has 0 radical (unpaired) electrons. The largest absolute Gasteiger partial charge is 0.377 e. The minimum absolute atomic E-state index is 0.0594. The van der Waals surface area contributed by atoms with Crippen molar-refractivity contribution < 1.29 is 0 Å². The summed E-state index contributed by atoms with van der Waals surface area (Å²) >= 11 is 18.1. The van der Waals surface area contributed by atoms with Gasteiger partial charge < -0.3 is 4.90 Å². The van der Waals surface area contributed by atoms with E-state index in [0.717, 1.165) is 49.9 Å². The molecule has 1 aromatic heterocycles. The molecule has 4 rings (SSSR count). The van der Waals surface area contributed by atoms with Crippen LogP contribution in [-0.2, 0) is 5.41 Å². The molecule has 2 aromatic carbocycles. The lowest BCUT2D eigenvalue weighted by atomic mass is 9.96. The van der Waals surface area contributed by atoms with Crippen molar-refractivity contribution >= 4 is 56.2 Å². The Morgan fingerprint density at radius 1 is 1.11 bits per heavy atom. The fraction of sp³-hybridized carbons (Fsp3) is 0.286. The van der Waals surface area contributed by atoms with Crippen molar-refractivity contribution in [2.45, 2.75) is 25.2 Å². The monoisotopic (exact) mass is 480 g/mol. The van der Waals surface area contributed by atoms with Crippen LogP contribution in [-0.4, -0.2) is 19.1 Å². The average Bonchev–Trinajstić information content (AvgIpc) is 3.30. The van der Waals surface area contributed by atoms with Crippen LogP contribution in [0.25, 0.3) is 11.3 Å². The number of nitrogens with zero attached hydrogens (tertiary/aromatic N) is 2. The molecule has 0 amide bonds. The first-order valence-corrected chi connectivity index (χ1v) is 11.1. The highest BCUT2D eigenvalue weighted by Crippen LogP contribution is 2.57. The third-order valence-corrected chi connectivity index (χ3v) is 7.46. The predicted octanol–water partition coefficient (Wildman–Crippen LogP) is 7.33. The van der Waals surface area contributed by atoms with E-state index in [0.29, 0.717) is 5.02 Å². The highest BCUT2D eigenvalue weighted by atomic mass is 79.9. The number of aryl methyl sites for hydroxylation is 1. The zero-order valence-electron chi connectivity index (χ0n) is 15.3. The van der Waals surface area contributed by atoms with E-state index in [2.05, 4.69) is 52.0 Å². The molecule has 140 valence electrons. The number of rotatable bonds is 4. The van der Waals surface area contributed by atoms with Gasteiger partial charge in [-0.2, -0.15) is 0 Å². The fourth-order valence-electron chi connectivity index (χ4n) is 3.49. The molecule has 0 bridgehead atoms. The molecule has 1 heterocycles. The van der Waals surface area contributed by atoms with Crippen LogP contribution in [0.5, 0.6) is 0 Å². The molecule has 0 atom stereocenters. The van der Waals surface area contributed by atoms with Gasteiger partial charge >= 0.3 is 0 Å². The van der Waals surface area contributed by atoms with Crippen LogP contribution >= 0.6 is 50.5 Å². The van der Waals surface area contributed by atoms with Crippen LogP contribution in [0.2, 0.25) is 10.0 Å². The highest BCUT2D eigenvalue weighted by molar-refractivity contribution is 9.10. The lowest BCUT2D eigenvalue weighted by Crippen LogP contribution is -2.09. The van der Waals surface area contributed by atoms with Crippen LogP contribution < -0.4 is 4.90 Å². The zero-order chi connectivity index (χ0) is 19.3. The molecule has 2 nitrogen and oxygen atoms in total. The predicted molar refractivity (Wildman–Crippen MR) is 121 cm³/mol. The summed E-state index contributed by atoms with van der Waals surface area (Å²) in [6.45, 7) is 2.14. The first-order chi connectivity index (χ1) is 12.8. The Morgan fingerprint density at radius 2 is 1.85 bits per heavy atom. The summed E-state index contributed by atoms with van der Waals surface area (Å²) in [5.74, 6) is 0. The van der Waals surface area contributed by atoms with Gasteiger partial charge in [0.2, 0.25) is 0 Å². The molecule has 0 unspecified atom stereocenters. The summed E-state index contributed by atoms with van der Waals surface area (Å²) in [6.07, 6.45) is 2.15. The lowest BCUT2D eigenvalue weighted by molar-refractivity contribution is 0.834. The van der Waals surface area contributed by atoms with E-state index < -0.39 is 0 Å². The Labute approximate surface area is 182 Å². The van der Waals surface area contributed by atoms with Gasteiger partial charge in [-0.25, -0.2) is 4.98 Å². The SMILES string of the molecule is Cc1sc(C2(c3ccc(Cl)cc3Cl)CC2)nc1-c1ccc(N(C)C)c(Br)c1. The normalized spacial score (nSPS) is 15.0. The molecular weight excluding hydrogens is 463 g/mol. The molecule has 1 fully saturated rings. The standard InChI is InChI=1S/C21H19BrCl2N2S/c1-12-19(13-4-7-18(26(2)3)16(22)10-13)25-20(27-12)21(8-9-21)15-6-5-14(23)11-17(15)24/h4-7,10-11H,8-9H2,1-3H3. The maximum Gasteiger partial charge on any atom is 0.104 e. The summed E-state index contributed by atoms with van der Waals surface area (Å²) in [4.78, 5) is 8.38. The van der Waals surface area contributed by atoms with Gasteiger partial charge in [0.15, 0.2) is 0 Å². The third-order valence-electron chi connectivity index (χ3n) is 5.11. The van der Waals surface area contributed by atoms with Crippen molar-refractivity contribution in [1.82, 2.24) is 4.98 Å². The van der Waals surface area contributed by atoms with Crippen molar-refractivity contribution in [1.29, 1.82) is 0 Å². The van der Waals surface area contributed by atoms with Crippen molar-refractivity contribution in [2.75, 3.05) is 19.0 Å². The Balaban J connectivity index is 1.75. The zero-order valence-corrected chi connectivity index (χ0v) is 19.2. The molecule has 6 heteroatoms. The van der Waals surface area contributed by atoms with Gasteiger partial charge in [-0.1, -0.05) is 35.3 Å². The Morgan fingerprint density at radius 3 is 2.44 bits per heavy atom. The number of hydrogen-bond donors (Lipinski definition) is 0. The number of anilines is 1. The van der Waals surface area contributed by atoms with Crippen molar-refractivity contribution in [2.24, 2.45) is 0 Å². The Bertz CT molecular complexity index is 1030. The second kappa shape index (κ2) is 7.07. The van der Waals surface area contributed by atoms with E-state index in [9.17, 15) is 0 Å². The summed E-state index contributed by atoms with van der Waals surface area (Å²) in [5, 5.41) is 2.54. The summed E-state index contributed by atoms with van der Waals surface area (Å²) in [5.41, 5.74) is 4.41. The molecular formula is C21H19BrCl2N2S. The minimum Gasteiger partial charge on any atom is -0.377 e. The van der Waals surface area contributed by atoms with E-state index in [1.807, 2.05) is 26.2 Å². The van der Waals surface area contributed by atoms with Crippen LogP contribution in [0, 0.1) is 6.92 Å². The lowest BCUT2D eigenvalue weighted by Gasteiger charge is -2.15. The molecule has 27 heavy (non-hydrogen) atoms. The van der Waals surface area contributed by atoms with Gasteiger partial charge in [-0.05, 0) is 65.5 Å². The second-order valence-corrected chi connectivity index (χ2v) is 10.1. The molecule has 1 saturated carbocycles. The minimum atomic E-state index is -0.0594. The summed E-state index contributed by atoms with van der Waals surface area (Å²) in [6, 6.07) is 12.2. The molecule has 3 aromatic rings. The van der Waals surface area contributed by atoms with Crippen LogP contribution in [0.15, 0.2) is 40.9 Å². The maximum atomic E-state index is 6.52. The van der Waals surface area contributed by atoms with Gasteiger partial charge in [0.1, 0.15) is 5.01 Å². The van der Waals surface area contributed by atoms with E-state index >= 15 is 0 Å². The van der Waals surface area contributed by atoms with E-state index in [-0.39, 0.29) is 5.41 Å². The van der Waals surface area contributed by atoms with Gasteiger partial charge in [0.05, 0.1) is 11.4 Å². The third kappa shape index (κ3) is 3.42. The average molecular weight is 482 g/mol. The van der Waals surface area contributed by atoms with E-state index in [1.54, 1.807) is 11.3 Å². The first kappa shape index (κ1) is 19.3. The van der Waals surface area contributed by atoms with E-state index in [4.69, 9.17) is 28.2 Å². The molecule has 1 aliphatic carbocycles.